The third kappa shape index (κ3) is 1.88. The van der Waals surface area contributed by atoms with Gasteiger partial charge in [-0.05, 0) is 12.1 Å². The van der Waals surface area contributed by atoms with Crippen LogP contribution in [0.1, 0.15) is 10.4 Å². The maximum atomic E-state index is 11.0. The topological polar surface area (TPSA) is 26.3 Å². The highest BCUT2D eigenvalue weighted by molar-refractivity contribution is 6.51. The van der Waals surface area contributed by atoms with E-state index in [0.29, 0.717) is 5.56 Å². The fraction of sp³-hybridized carbons (Fsp3) is 0.222. The summed E-state index contributed by atoms with van der Waals surface area (Å²) < 4.78 is 4.56. The lowest BCUT2D eigenvalue weighted by Gasteiger charge is -1.99. The first kappa shape index (κ1) is 8.85. The predicted octanol–water partition coefficient (Wildman–Crippen LogP) is 0.851. The van der Waals surface area contributed by atoms with Crippen LogP contribution in [0.15, 0.2) is 24.3 Å². The number of esters is 1. The summed E-state index contributed by atoms with van der Waals surface area (Å²) >= 11 is 0. The van der Waals surface area contributed by atoms with Crippen LogP contribution < -0.4 is 5.46 Å². The molecule has 0 saturated heterocycles. The van der Waals surface area contributed by atoms with Crippen LogP contribution in [0.2, 0.25) is 6.82 Å². The molecule has 1 aromatic carbocycles. The van der Waals surface area contributed by atoms with Gasteiger partial charge in [0.25, 0.3) is 0 Å². The number of rotatable bonds is 2. The second-order valence-corrected chi connectivity index (χ2v) is 2.40. The molecular formula is C9H10BO2. The van der Waals surface area contributed by atoms with Crippen LogP contribution in [-0.2, 0) is 4.74 Å². The van der Waals surface area contributed by atoms with Crippen molar-refractivity contribution in [1.82, 2.24) is 0 Å². The van der Waals surface area contributed by atoms with Crippen LogP contribution in [0.4, 0.5) is 0 Å². The minimum atomic E-state index is -0.294. The number of carbonyl (C=O) groups excluding carboxylic acids is 1. The number of carbonyl (C=O) groups is 1. The molecule has 0 amide bonds. The molecule has 2 nitrogen and oxygen atoms in total. The van der Waals surface area contributed by atoms with Gasteiger partial charge in [-0.2, -0.15) is 0 Å². The number of methoxy groups -OCH3 is 1. The zero-order valence-corrected chi connectivity index (χ0v) is 7.20. The normalized spacial score (nSPS) is 9.17. The van der Waals surface area contributed by atoms with Crippen LogP contribution in [0.25, 0.3) is 0 Å². The Balaban J connectivity index is 2.84. The van der Waals surface area contributed by atoms with Crippen molar-refractivity contribution >= 4 is 18.7 Å². The molecule has 0 spiro atoms. The highest BCUT2D eigenvalue weighted by Gasteiger charge is 2.02. The summed E-state index contributed by atoms with van der Waals surface area (Å²) in [4.78, 5) is 11.0. The molecule has 1 radical (unpaired) electrons. The van der Waals surface area contributed by atoms with Gasteiger partial charge in [-0.3, -0.25) is 0 Å². The monoisotopic (exact) mass is 161 g/mol. The maximum Gasteiger partial charge on any atom is 0.337 e. The molecule has 0 aliphatic carbocycles. The Morgan fingerprint density at radius 1 is 1.33 bits per heavy atom. The lowest BCUT2D eigenvalue weighted by atomic mass is 9.73. The molecule has 1 rings (SSSR count). The van der Waals surface area contributed by atoms with Gasteiger partial charge in [0.05, 0.1) is 12.7 Å². The molecule has 1 aromatic rings. The molecule has 0 aliphatic rings. The van der Waals surface area contributed by atoms with E-state index in [0.717, 1.165) is 5.46 Å². The first-order valence-electron chi connectivity index (χ1n) is 3.75. The summed E-state index contributed by atoms with van der Waals surface area (Å²) in [6.07, 6.45) is 0. The van der Waals surface area contributed by atoms with Crippen molar-refractivity contribution in [2.45, 2.75) is 6.82 Å². The van der Waals surface area contributed by atoms with Crippen molar-refractivity contribution in [3.8, 4) is 0 Å². The van der Waals surface area contributed by atoms with Crippen LogP contribution in [0.5, 0.6) is 0 Å². The second-order valence-electron chi connectivity index (χ2n) is 2.40. The predicted molar refractivity (Wildman–Crippen MR) is 49.0 cm³/mol. The number of hydrogen-bond donors (Lipinski definition) is 0. The molecule has 0 bridgehead atoms. The van der Waals surface area contributed by atoms with Gasteiger partial charge in [0.1, 0.15) is 7.28 Å². The molecule has 0 saturated carbocycles. The highest BCUT2D eigenvalue weighted by atomic mass is 16.5. The van der Waals surface area contributed by atoms with E-state index >= 15 is 0 Å². The minimum Gasteiger partial charge on any atom is -0.465 e. The van der Waals surface area contributed by atoms with Gasteiger partial charge in [-0.25, -0.2) is 4.79 Å². The van der Waals surface area contributed by atoms with E-state index in [-0.39, 0.29) is 5.97 Å². The lowest BCUT2D eigenvalue weighted by Crippen LogP contribution is -2.11. The average Bonchev–Trinajstić information content (AvgIpc) is 2.17. The molecule has 0 unspecified atom stereocenters. The van der Waals surface area contributed by atoms with E-state index in [2.05, 4.69) is 4.74 Å². The molecule has 0 fully saturated rings. The Kier molecular flexibility index (Phi) is 2.91. The third-order valence-corrected chi connectivity index (χ3v) is 1.67. The van der Waals surface area contributed by atoms with Crippen LogP contribution in [-0.4, -0.2) is 20.4 Å². The largest absolute Gasteiger partial charge is 0.465 e. The standard InChI is InChI=1S/C9H10BO2/c1-10-8-5-3-7(4-6-8)9(11)12-2/h3-6H,1-2H3. The van der Waals surface area contributed by atoms with Gasteiger partial charge in [0.15, 0.2) is 0 Å². The SMILES string of the molecule is C[B]c1ccc(C(=O)OC)cc1. The summed E-state index contributed by atoms with van der Waals surface area (Å²) in [7, 11) is 3.35. The highest BCUT2D eigenvalue weighted by Crippen LogP contribution is 1.98. The quantitative estimate of drug-likeness (QED) is 0.474. The Bertz CT molecular complexity index is 266. The smallest absolute Gasteiger partial charge is 0.337 e. The van der Waals surface area contributed by atoms with E-state index in [1.165, 1.54) is 7.11 Å². The van der Waals surface area contributed by atoms with Crippen LogP contribution >= 0.6 is 0 Å². The summed E-state index contributed by atoms with van der Waals surface area (Å²) in [6.45, 7) is 1.95. The zero-order valence-electron chi connectivity index (χ0n) is 7.20. The van der Waals surface area contributed by atoms with E-state index in [9.17, 15) is 4.79 Å². The summed E-state index contributed by atoms with van der Waals surface area (Å²) in [5.41, 5.74) is 1.69. The van der Waals surface area contributed by atoms with Crippen LogP contribution in [0.3, 0.4) is 0 Å². The Morgan fingerprint density at radius 2 is 1.92 bits per heavy atom. The number of hydrogen-bond acceptors (Lipinski definition) is 2. The van der Waals surface area contributed by atoms with E-state index in [1.807, 2.05) is 26.2 Å². The van der Waals surface area contributed by atoms with Gasteiger partial charge >= 0.3 is 5.97 Å². The minimum absolute atomic E-state index is 0.294. The second kappa shape index (κ2) is 3.95. The molecule has 0 aromatic heterocycles. The van der Waals surface area contributed by atoms with Crippen molar-refractivity contribution in [3.05, 3.63) is 29.8 Å². The van der Waals surface area contributed by atoms with Gasteiger partial charge in [0, 0.05) is 0 Å². The Morgan fingerprint density at radius 3 is 2.33 bits per heavy atom. The van der Waals surface area contributed by atoms with Gasteiger partial charge < -0.3 is 4.74 Å². The molecule has 0 atom stereocenters. The summed E-state index contributed by atoms with van der Waals surface area (Å²) in [6, 6.07) is 7.26. The van der Waals surface area contributed by atoms with E-state index in [1.54, 1.807) is 12.1 Å². The first-order chi connectivity index (χ1) is 5.77. The van der Waals surface area contributed by atoms with Gasteiger partial charge in [0.2, 0.25) is 0 Å². The van der Waals surface area contributed by atoms with E-state index < -0.39 is 0 Å². The molecule has 0 N–H and O–H groups in total. The molecule has 61 valence electrons. The summed E-state index contributed by atoms with van der Waals surface area (Å²) in [5, 5.41) is 0. The van der Waals surface area contributed by atoms with Crippen molar-refractivity contribution in [2.75, 3.05) is 7.11 Å². The fourth-order valence-corrected chi connectivity index (χ4v) is 0.930. The number of ether oxygens (including phenoxy) is 1. The molecule has 0 aliphatic heterocycles. The Labute approximate surface area is 72.8 Å². The molecular weight excluding hydrogens is 151 g/mol. The summed E-state index contributed by atoms with van der Waals surface area (Å²) in [5.74, 6) is -0.294. The third-order valence-electron chi connectivity index (χ3n) is 1.67. The average molecular weight is 161 g/mol. The molecule has 12 heavy (non-hydrogen) atoms. The van der Waals surface area contributed by atoms with Gasteiger partial charge in [-0.15, -0.1) is 0 Å². The fourth-order valence-electron chi connectivity index (χ4n) is 0.930. The lowest BCUT2D eigenvalue weighted by molar-refractivity contribution is 0.0601. The number of benzene rings is 1. The van der Waals surface area contributed by atoms with Crippen molar-refractivity contribution in [1.29, 1.82) is 0 Å². The maximum absolute atomic E-state index is 11.0. The van der Waals surface area contributed by atoms with Gasteiger partial charge in [-0.1, -0.05) is 24.4 Å². The molecule has 0 heterocycles. The first-order valence-corrected chi connectivity index (χ1v) is 3.75. The van der Waals surface area contributed by atoms with Crippen molar-refractivity contribution < 1.29 is 9.53 Å². The Hall–Kier alpha value is -1.25. The zero-order chi connectivity index (χ0) is 8.97. The van der Waals surface area contributed by atoms with Crippen molar-refractivity contribution in [2.24, 2.45) is 0 Å². The van der Waals surface area contributed by atoms with Crippen molar-refractivity contribution in [3.63, 3.8) is 0 Å². The van der Waals surface area contributed by atoms with E-state index in [4.69, 9.17) is 0 Å². The molecule has 3 heteroatoms. The van der Waals surface area contributed by atoms with Crippen LogP contribution in [0, 0.1) is 0 Å².